The summed E-state index contributed by atoms with van der Waals surface area (Å²) in [6.07, 6.45) is 0.576. The molecule has 0 saturated carbocycles. The SMILES string of the molecule is Cc1ccc(S(=O)(=O)N[C@@H](C)C(=O)OCC(=O)NCCc2cccc(Cl)c2)cc1. The molecule has 2 N–H and O–H groups in total. The van der Waals surface area contributed by atoms with Gasteiger partial charge in [0.05, 0.1) is 4.90 Å². The summed E-state index contributed by atoms with van der Waals surface area (Å²) in [5, 5.41) is 3.24. The lowest BCUT2D eigenvalue weighted by molar-refractivity contribution is -0.149. The van der Waals surface area contributed by atoms with Crippen LogP contribution < -0.4 is 10.0 Å². The summed E-state index contributed by atoms with van der Waals surface area (Å²) in [6, 6.07) is 12.3. The van der Waals surface area contributed by atoms with Gasteiger partial charge in [0, 0.05) is 11.6 Å². The van der Waals surface area contributed by atoms with Crippen molar-refractivity contribution < 1.29 is 22.7 Å². The molecule has 1 atom stereocenters. The van der Waals surface area contributed by atoms with Crippen molar-refractivity contribution in [3.05, 3.63) is 64.7 Å². The molecule has 0 aliphatic carbocycles. The number of amides is 1. The summed E-state index contributed by atoms with van der Waals surface area (Å²) >= 11 is 5.90. The molecule has 0 heterocycles. The van der Waals surface area contributed by atoms with Crippen LogP contribution in [0.15, 0.2) is 53.4 Å². The molecule has 7 nitrogen and oxygen atoms in total. The van der Waals surface area contributed by atoms with E-state index in [1.165, 1.54) is 19.1 Å². The Kier molecular flexibility index (Phi) is 8.19. The second kappa shape index (κ2) is 10.4. The van der Waals surface area contributed by atoms with Crippen LogP contribution in [0.1, 0.15) is 18.1 Å². The minimum absolute atomic E-state index is 0.0431. The minimum atomic E-state index is -3.87. The zero-order valence-electron chi connectivity index (χ0n) is 16.1. The van der Waals surface area contributed by atoms with Gasteiger partial charge < -0.3 is 10.1 Å². The molecule has 0 aliphatic heterocycles. The van der Waals surface area contributed by atoms with E-state index in [0.717, 1.165) is 11.1 Å². The maximum Gasteiger partial charge on any atom is 0.324 e. The second-order valence-electron chi connectivity index (χ2n) is 6.49. The third-order valence-corrected chi connectivity index (χ3v) is 5.78. The fourth-order valence-electron chi connectivity index (χ4n) is 2.42. The lowest BCUT2D eigenvalue weighted by Gasteiger charge is -2.14. The monoisotopic (exact) mass is 438 g/mol. The number of halogens is 1. The van der Waals surface area contributed by atoms with E-state index in [0.29, 0.717) is 18.0 Å². The molecule has 156 valence electrons. The highest BCUT2D eigenvalue weighted by Crippen LogP contribution is 2.11. The van der Waals surface area contributed by atoms with E-state index >= 15 is 0 Å². The fraction of sp³-hybridized carbons (Fsp3) is 0.300. The molecule has 0 fully saturated rings. The van der Waals surface area contributed by atoms with Crippen LogP contribution in [-0.2, 0) is 30.8 Å². The molecule has 1 amide bonds. The number of sulfonamides is 1. The molecule has 0 saturated heterocycles. The predicted octanol–water partition coefficient (Wildman–Crippen LogP) is 2.22. The highest BCUT2D eigenvalue weighted by Gasteiger charge is 2.23. The van der Waals surface area contributed by atoms with E-state index in [9.17, 15) is 18.0 Å². The number of ether oxygens (including phenoxy) is 1. The molecule has 0 spiro atoms. The number of esters is 1. The Morgan fingerprint density at radius 3 is 2.48 bits per heavy atom. The van der Waals surface area contributed by atoms with E-state index in [1.54, 1.807) is 24.3 Å². The molecule has 0 aliphatic rings. The number of rotatable bonds is 9. The molecular formula is C20H23ClN2O5S. The lowest BCUT2D eigenvalue weighted by atomic mass is 10.1. The molecule has 29 heavy (non-hydrogen) atoms. The van der Waals surface area contributed by atoms with Gasteiger partial charge in [0.25, 0.3) is 5.91 Å². The van der Waals surface area contributed by atoms with Crippen LogP contribution in [0.3, 0.4) is 0 Å². The van der Waals surface area contributed by atoms with Crippen LogP contribution in [0, 0.1) is 6.92 Å². The zero-order chi connectivity index (χ0) is 21.4. The second-order valence-corrected chi connectivity index (χ2v) is 8.64. The van der Waals surface area contributed by atoms with E-state index in [4.69, 9.17) is 16.3 Å². The number of carbonyl (C=O) groups excluding carboxylic acids is 2. The van der Waals surface area contributed by atoms with Crippen LogP contribution >= 0.6 is 11.6 Å². The number of hydrogen-bond acceptors (Lipinski definition) is 5. The van der Waals surface area contributed by atoms with Gasteiger partial charge in [-0.15, -0.1) is 0 Å². The quantitative estimate of drug-likeness (QED) is 0.584. The number of benzene rings is 2. The summed E-state index contributed by atoms with van der Waals surface area (Å²) < 4.78 is 31.7. The van der Waals surface area contributed by atoms with Crippen LogP contribution in [0.4, 0.5) is 0 Å². The highest BCUT2D eigenvalue weighted by molar-refractivity contribution is 7.89. The third-order valence-electron chi connectivity index (χ3n) is 3.99. The average Bonchev–Trinajstić information content (AvgIpc) is 2.66. The lowest BCUT2D eigenvalue weighted by Crippen LogP contribution is -2.41. The van der Waals surface area contributed by atoms with Crippen LogP contribution in [0.5, 0.6) is 0 Å². The van der Waals surface area contributed by atoms with Crippen molar-refractivity contribution in [1.29, 1.82) is 0 Å². The maximum absolute atomic E-state index is 12.3. The number of hydrogen-bond donors (Lipinski definition) is 2. The summed E-state index contributed by atoms with van der Waals surface area (Å²) in [6.45, 7) is 3.05. The summed E-state index contributed by atoms with van der Waals surface area (Å²) in [7, 11) is -3.87. The van der Waals surface area contributed by atoms with Crippen LogP contribution in [-0.4, -0.2) is 39.5 Å². The molecule has 0 bridgehead atoms. The normalized spacial score (nSPS) is 12.2. The molecule has 9 heteroatoms. The first-order chi connectivity index (χ1) is 13.7. The van der Waals surface area contributed by atoms with Gasteiger partial charge in [0.2, 0.25) is 10.0 Å². The maximum atomic E-state index is 12.3. The van der Waals surface area contributed by atoms with Crippen molar-refractivity contribution in [2.75, 3.05) is 13.2 Å². The van der Waals surface area contributed by atoms with Crippen LogP contribution in [0.25, 0.3) is 0 Å². The summed E-state index contributed by atoms with van der Waals surface area (Å²) in [4.78, 5) is 23.9. The Hall–Kier alpha value is -2.42. The third kappa shape index (κ3) is 7.49. The van der Waals surface area contributed by atoms with E-state index in [2.05, 4.69) is 10.0 Å². The summed E-state index contributed by atoms with van der Waals surface area (Å²) in [5.41, 5.74) is 1.88. The standard InChI is InChI=1S/C20H23ClN2O5S/c1-14-6-8-18(9-7-14)29(26,27)23-15(2)20(25)28-13-19(24)22-11-10-16-4-3-5-17(21)12-16/h3-9,12,15,23H,10-11,13H2,1-2H3,(H,22,24)/t15-/m0/s1. The summed E-state index contributed by atoms with van der Waals surface area (Å²) in [5.74, 6) is -1.32. The Balaban J connectivity index is 1.75. The van der Waals surface area contributed by atoms with Gasteiger partial charge in [0.15, 0.2) is 6.61 Å². The Morgan fingerprint density at radius 2 is 1.83 bits per heavy atom. The van der Waals surface area contributed by atoms with E-state index in [1.807, 2.05) is 19.1 Å². The molecule has 0 radical (unpaired) electrons. The average molecular weight is 439 g/mol. The topological polar surface area (TPSA) is 102 Å². The predicted molar refractivity (Wildman–Crippen MR) is 110 cm³/mol. The minimum Gasteiger partial charge on any atom is -0.454 e. The molecule has 0 unspecified atom stereocenters. The fourth-order valence-corrected chi connectivity index (χ4v) is 3.82. The molecule has 2 rings (SSSR count). The number of aryl methyl sites for hydroxylation is 1. The first-order valence-electron chi connectivity index (χ1n) is 8.94. The van der Waals surface area contributed by atoms with Crippen LogP contribution in [0.2, 0.25) is 5.02 Å². The van der Waals surface area contributed by atoms with Crippen molar-refractivity contribution in [3.8, 4) is 0 Å². The van der Waals surface area contributed by atoms with Gasteiger partial charge in [-0.2, -0.15) is 4.72 Å². The van der Waals surface area contributed by atoms with Crippen molar-refractivity contribution in [2.45, 2.75) is 31.2 Å². The van der Waals surface area contributed by atoms with Gasteiger partial charge >= 0.3 is 5.97 Å². The van der Waals surface area contributed by atoms with Gasteiger partial charge in [0.1, 0.15) is 6.04 Å². The largest absolute Gasteiger partial charge is 0.454 e. The highest BCUT2D eigenvalue weighted by atomic mass is 35.5. The molecule has 0 aromatic heterocycles. The zero-order valence-corrected chi connectivity index (χ0v) is 17.7. The number of carbonyl (C=O) groups is 2. The van der Waals surface area contributed by atoms with Crippen molar-refractivity contribution in [3.63, 3.8) is 0 Å². The Labute approximate surface area is 175 Å². The molecular weight excluding hydrogens is 416 g/mol. The van der Waals surface area contributed by atoms with E-state index < -0.39 is 34.5 Å². The van der Waals surface area contributed by atoms with Crippen molar-refractivity contribution in [1.82, 2.24) is 10.0 Å². The molecule has 2 aromatic rings. The molecule has 2 aromatic carbocycles. The van der Waals surface area contributed by atoms with Gasteiger partial charge in [-0.3, -0.25) is 9.59 Å². The van der Waals surface area contributed by atoms with Crippen molar-refractivity contribution >= 4 is 33.5 Å². The Bertz CT molecular complexity index is 961. The van der Waals surface area contributed by atoms with Gasteiger partial charge in [-0.25, -0.2) is 8.42 Å². The Morgan fingerprint density at radius 1 is 1.14 bits per heavy atom. The number of nitrogens with one attached hydrogen (secondary N) is 2. The van der Waals surface area contributed by atoms with Gasteiger partial charge in [-0.1, -0.05) is 41.4 Å². The van der Waals surface area contributed by atoms with E-state index in [-0.39, 0.29) is 4.90 Å². The first-order valence-corrected chi connectivity index (χ1v) is 10.8. The smallest absolute Gasteiger partial charge is 0.324 e. The van der Waals surface area contributed by atoms with Crippen molar-refractivity contribution in [2.24, 2.45) is 0 Å². The first kappa shape index (κ1) is 22.9. The van der Waals surface area contributed by atoms with Gasteiger partial charge in [-0.05, 0) is 50.1 Å².